The summed E-state index contributed by atoms with van der Waals surface area (Å²) in [4.78, 5) is 20.7. The molecule has 8 aromatic carbocycles. The van der Waals surface area contributed by atoms with Crippen molar-refractivity contribution in [3.05, 3.63) is 224 Å². The quantitative estimate of drug-likeness (QED) is 0.154. The van der Waals surface area contributed by atoms with Crippen LogP contribution in [0.4, 0.5) is 0 Å². The summed E-state index contributed by atoms with van der Waals surface area (Å²) < 4.78 is 2.30. The molecule has 0 atom stereocenters. The lowest BCUT2D eigenvalue weighted by molar-refractivity contribution is 1.15. The molecule has 61 heavy (non-hydrogen) atoms. The predicted octanol–water partition coefficient (Wildman–Crippen LogP) is 14.0. The van der Waals surface area contributed by atoms with Gasteiger partial charge in [0.25, 0.3) is 0 Å². The highest BCUT2D eigenvalue weighted by atomic mass is 15.0. The summed E-state index contributed by atoms with van der Waals surface area (Å²) >= 11 is 0. The van der Waals surface area contributed by atoms with Crippen LogP contribution in [0.15, 0.2) is 224 Å². The predicted molar refractivity (Wildman–Crippen MR) is 250 cm³/mol. The summed E-state index contributed by atoms with van der Waals surface area (Å²) in [5.74, 6) is 1.40. The van der Waals surface area contributed by atoms with Crippen molar-refractivity contribution < 1.29 is 0 Å². The molecule has 0 aliphatic rings. The first kappa shape index (κ1) is 35.8. The third kappa shape index (κ3) is 6.84. The van der Waals surface area contributed by atoms with E-state index in [0.29, 0.717) is 11.6 Å². The average molecular weight is 780 g/mol. The van der Waals surface area contributed by atoms with Crippen LogP contribution in [0, 0.1) is 0 Å². The van der Waals surface area contributed by atoms with E-state index in [9.17, 15) is 0 Å². The molecular weight excluding hydrogens is 743 g/mol. The third-order valence-corrected chi connectivity index (χ3v) is 11.2. The lowest BCUT2D eigenvalue weighted by Gasteiger charge is -2.13. The second kappa shape index (κ2) is 15.5. The van der Waals surface area contributed by atoms with Crippen LogP contribution in [0.3, 0.4) is 0 Å². The highest BCUT2D eigenvalue weighted by Crippen LogP contribution is 2.39. The molecule has 0 aliphatic heterocycles. The van der Waals surface area contributed by atoms with Gasteiger partial charge in [-0.3, -0.25) is 0 Å². The summed E-state index contributed by atoms with van der Waals surface area (Å²) in [6.45, 7) is 0. The third-order valence-electron chi connectivity index (χ3n) is 11.2. The Kier molecular flexibility index (Phi) is 9.10. The Bertz CT molecular complexity index is 3280. The number of nitrogens with zero attached hydrogens (tertiary/aromatic N) is 5. The van der Waals surface area contributed by atoms with Crippen LogP contribution in [-0.4, -0.2) is 24.5 Å². The maximum absolute atomic E-state index is 5.37. The zero-order chi connectivity index (χ0) is 40.5. The number of fused-ring (bicyclic) bond motifs is 3. The number of hydrogen-bond donors (Lipinski definition) is 0. The van der Waals surface area contributed by atoms with Gasteiger partial charge in [-0.05, 0) is 64.7 Å². The molecule has 0 saturated heterocycles. The summed E-state index contributed by atoms with van der Waals surface area (Å²) in [5.41, 5.74) is 16.2. The number of benzene rings is 8. The van der Waals surface area contributed by atoms with Gasteiger partial charge in [-0.15, -0.1) is 0 Å². The lowest BCUT2D eigenvalue weighted by Crippen LogP contribution is -1.99. The molecule has 3 heterocycles. The Balaban J connectivity index is 1.02. The molecule has 0 fully saturated rings. The molecular formula is C56H37N5. The van der Waals surface area contributed by atoms with Crippen molar-refractivity contribution >= 4 is 21.9 Å². The van der Waals surface area contributed by atoms with Crippen molar-refractivity contribution in [2.24, 2.45) is 0 Å². The Morgan fingerprint density at radius 3 is 1.33 bits per heavy atom. The zero-order valence-corrected chi connectivity index (χ0v) is 33.1. The van der Waals surface area contributed by atoms with Crippen molar-refractivity contribution in [2.75, 3.05) is 0 Å². The van der Waals surface area contributed by atoms with E-state index in [2.05, 4.69) is 174 Å². The molecule has 0 spiro atoms. The molecule has 286 valence electrons. The van der Waals surface area contributed by atoms with E-state index < -0.39 is 0 Å². The number of hydrogen-bond acceptors (Lipinski definition) is 4. The number of rotatable bonds is 8. The molecule has 5 nitrogen and oxygen atoms in total. The van der Waals surface area contributed by atoms with Crippen LogP contribution in [0.1, 0.15) is 0 Å². The van der Waals surface area contributed by atoms with Crippen LogP contribution >= 0.6 is 0 Å². The largest absolute Gasteiger partial charge is 0.306 e. The molecule has 0 radical (unpaired) electrons. The number of para-hydroxylation sites is 2. The Morgan fingerprint density at radius 1 is 0.295 bits per heavy atom. The molecule has 0 saturated carbocycles. The van der Waals surface area contributed by atoms with Gasteiger partial charge in [-0.1, -0.05) is 182 Å². The highest BCUT2D eigenvalue weighted by Gasteiger charge is 2.21. The standard InChI is InChI=1S/C56H37N5/c1-5-18-38(19-6-1)49-37-50(58-55(57-49)39-20-7-2-8-21-39)45-28-16-26-43(35-45)41-24-15-25-42(34-41)44-27-17-29-46(36-44)52-54-53(60-56(59-52)40-22-9-3-10-23-40)48-32-13-14-33-51(48)61(54)47-30-11-4-12-31-47/h1-37H. The van der Waals surface area contributed by atoms with Crippen LogP contribution in [-0.2, 0) is 0 Å². The van der Waals surface area contributed by atoms with Crippen LogP contribution < -0.4 is 0 Å². The van der Waals surface area contributed by atoms with Gasteiger partial charge in [0.1, 0.15) is 5.52 Å². The van der Waals surface area contributed by atoms with E-state index in [1.165, 1.54) is 0 Å². The van der Waals surface area contributed by atoms with E-state index in [1.807, 2.05) is 54.6 Å². The molecule has 11 aromatic rings. The topological polar surface area (TPSA) is 56.5 Å². The van der Waals surface area contributed by atoms with Gasteiger partial charge in [0, 0.05) is 38.9 Å². The highest BCUT2D eigenvalue weighted by molar-refractivity contribution is 6.11. The molecule has 0 unspecified atom stereocenters. The van der Waals surface area contributed by atoms with Gasteiger partial charge in [-0.2, -0.15) is 0 Å². The molecule has 0 amide bonds. The van der Waals surface area contributed by atoms with Gasteiger partial charge >= 0.3 is 0 Å². The maximum Gasteiger partial charge on any atom is 0.160 e. The first-order valence-electron chi connectivity index (χ1n) is 20.5. The van der Waals surface area contributed by atoms with E-state index in [1.54, 1.807) is 0 Å². The summed E-state index contributed by atoms with van der Waals surface area (Å²) in [6, 6.07) is 78.0. The molecule has 3 aromatic heterocycles. The first-order valence-corrected chi connectivity index (χ1v) is 20.5. The SMILES string of the molecule is c1ccc(-c2cc(-c3cccc(-c4cccc(-c5cccc(-c6nc(-c7ccccc7)nc7c8ccccc8n(-c8ccccc8)c67)c5)c4)c3)nc(-c3ccccc3)n2)cc1. The van der Waals surface area contributed by atoms with Gasteiger partial charge in [0.15, 0.2) is 11.6 Å². The first-order chi connectivity index (χ1) is 30.2. The smallest absolute Gasteiger partial charge is 0.160 e. The molecule has 11 rings (SSSR count). The van der Waals surface area contributed by atoms with Crippen molar-refractivity contribution in [3.63, 3.8) is 0 Å². The van der Waals surface area contributed by atoms with Gasteiger partial charge in [0.05, 0.1) is 28.1 Å². The summed E-state index contributed by atoms with van der Waals surface area (Å²) in [6.07, 6.45) is 0. The molecule has 0 bridgehead atoms. The zero-order valence-electron chi connectivity index (χ0n) is 33.1. The maximum atomic E-state index is 5.37. The summed E-state index contributed by atoms with van der Waals surface area (Å²) in [5, 5.41) is 1.09. The molecule has 0 N–H and O–H groups in total. The Labute approximate surface area is 354 Å². The lowest BCUT2D eigenvalue weighted by atomic mass is 9.96. The van der Waals surface area contributed by atoms with Gasteiger partial charge in [-0.25, -0.2) is 19.9 Å². The molecule has 0 aliphatic carbocycles. The van der Waals surface area contributed by atoms with Crippen LogP contribution in [0.25, 0.3) is 106 Å². The van der Waals surface area contributed by atoms with Crippen molar-refractivity contribution in [2.45, 2.75) is 0 Å². The average Bonchev–Trinajstić information content (AvgIpc) is 3.69. The normalized spacial score (nSPS) is 11.3. The summed E-state index contributed by atoms with van der Waals surface area (Å²) in [7, 11) is 0. The fourth-order valence-corrected chi connectivity index (χ4v) is 8.26. The van der Waals surface area contributed by atoms with Crippen molar-refractivity contribution in [1.82, 2.24) is 24.5 Å². The van der Waals surface area contributed by atoms with Crippen LogP contribution in [0.5, 0.6) is 0 Å². The van der Waals surface area contributed by atoms with E-state index in [4.69, 9.17) is 19.9 Å². The Morgan fingerprint density at radius 2 is 0.721 bits per heavy atom. The fraction of sp³-hybridized carbons (Fsp3) is 0. The number of aromatic nitrogens is 5. The van der Waals surface area contributed by atoms with E-state index >= 15 is 0 Å². The van der Waals surface area contributed by atoms with Crippen LogP contribution in [0.2, 0.25) is 0 Å². The molecule has 5 heteroatoms. The van der Waals surface area contributed by atoms with E-state index in [-0.39, 0.29) is 0 Å². The second-order valence-corrected chi connectivity index (χ2v) is 15.1. The fourth-order valence-electron chi connectivity index (χ4n) is 8.26. The van der Waals surface area contributed by atoms with Crippen molar-refractivity contribution in [1.29, 1.82) is 0 Å². The Hall–Kier alpha value is -8.28. The minimum absolute atomic E-state index is 0.696. The van der Waals surface area contributed by atoms with Crippen molar-refractivity contribution in [3.8, 4) is 84.5 Å². The monoisotopic (exact) mass is 779 g/mol. The minimum atomic E-state index is 0.696. The van der Waals surface area contributed by atoms with E-state index in [0.717, 1.165) is 94.8 Å². The second-order valence-electron chi connectivity index (χ2n) is 15.1. The van der Waals surface area contributed by atoms with Gasteiger partial charge < -0.3 is 4.57 Å². The minimum Gasteiger partial charge on any atom is -0.306 e. The van der Waals surface area contributed by atoms with Gasteiger partial charge in [0.2, 0.25) is 0 Å².